The maximum absolute atomic E-state index is 12.2. The fourth-order valence-electron chi connectivity index (χ4n) is 2.58. The van der Waals surface area contributed by atoms with Crippen molar-refractivity contribution in [3.8, 4) is 0 Å². The van der Waals surface area contributed by atoms with Gasteiger partial charge in [0.25, 0.3) is 5.91 Å². The summed E-state index contributed by atoms with van der Waals surface area (Å²) in [6, 6.07) is 10.3. The number of hydrogen-bond acceptors (Lipinski definition) is 3. The van der Waals surface area contributed by atoms with Gasteiger partial charge in [0.1, 0.15) is 0 Å². The minimum atomic E-state index is -0.0389. The number of piperidine rings is 1. The van der Waals surface area contributed by atoms with Crippen LogP contribution < -0.4 is 10.6 Å². The highest BCUT2D eigenvalue weighted by Crippen LogP contribution is 2.06. The molecule has 1 saturated heterocycles. The topological polar surface area (TPSA) is 59.0 Å². The van der Waals surface area contributed by atoms with Crippen molar-refractivity contribution >= 4 is 18.3 Å². The molecule has 1 aliphatic rings. The molecule has 2 heterocycles. The van der Waals surface area contributed by atoms with Gasteiger partial charge in [-0.25, -0.2) is 0 Å². The summed E-state index contributed by atoms with van der Waals surface area (Å²) in [7, 11) is 0. The van der Waals surface area contributed by atoms with Gasteiger partial charge in [0.2, 0.25) is 0 Å². The van der Waals surface area contributed by atoms with Crippen LogP contribution >= 0.6 is 12.4 Å². The van der Waals surface area contributed by atoms with Crippen molar-refractivity contribution in [1.29, 1.82) is 0 Å². The van der Waals surface area contributed by atoms with Gasteiger partial charge in [-0.2, -0.15) is 5.10 Å². The van der Waals surface area contributed by atoms with Gasteiger partial charge in [0.05, 0.1) is 18.3 Å². The molecule has 1 aromatic heterocycles. The summed E-state index contributed by atoms with van der Waals surface area (Å²) in [5.41, 5.74) is 1.79. The number of halogens is 1. The average molecular weight is 321 g/mol. The van der Waals surface area contributed by atoms with Gasteiger partial charge >= 0.3 is 0 Å². The van der Waals surface area contributed by atoms with E-state index in [1.807, 2.05) is 18.2 Å². The summed E-state index contributed by atoms with van der Waals surface area (Å²) in [6.07, 6.45) is 5.59. The predicted octanol–water partition coefficient (Wildman–Crippen LogP) is 1.83. The van der Waals surface area contributed by atoms with Gasteiger partial charge in [-0.3, -0.25) is 9.48 Å². The fourth-order valence-corrected chi connectivity index (χ4v) is 2.58. The molecule has 0 unspecified atom stereocenters. The molecule has 6 heteroatoms. The van der Waals surface area contributed by atoms with Crippen LogP contribution in [0.4, 0.5) is 0 Å². The molecule has 1 fully saturated rings. The second-order valence-electron chi connectivity index (χ2n) is 5.43. The van der Waals surface area contributed by atoms with Crippen molar-refractivity contribution in [1.82, 2.24) is 20.4 Å². The van der Waals surface area contributed by atoms with Crippen LogP contribution in [0.3, 0.4) is 0 Å². The molecule has 0 bridgehead atoms. The first-order valence-corrected chi connectivity index (χ1v) is 7.39. The number of aromatic nitrogens is 2. The Morgan fingerprint density at radius 3 is 2.91 bits per heavy atom. The molecule has 118 valence electrons. The summed E-state index contributed by atoms with van der Waals surface area (Å²) in [4.78, 5) is 12.2. The maximum atomic E-state index is 12.2. The van der Waals surface area contributed by atoms with E-state index in [9.17, 15) is 4.79 Å². The Kier molecular flexibility index (Phi) is 5.98. The van der Waals surface area contributed by atoms with Crippen molar-refractivity contribution < 1.29 is 4.79 Å². The van der Waals surface area contributed by atoms with E-state index in [4.69, 9.17) is 0 Å². The zero-order valence-electron chi connectivity index (χ0n) is 12.4. The van der Waals surface area contributed by atoms with E-state index >= 15 is 0 Å². The first-order chi connectivity index (χ1) is 10.3. The lowest BCUT2D eigenvalue weighted by Crippen LogP contribution is -2.45. The largest absolute Gasteiger partial charge is 0.348 e. The fraction of sp³-hybridized carbons (Fsp3) is 0.375. The van der Waals surface area contributed by atoms with E-state index < -0.39 is 0 Å². The van der Waals surface area contributed by atoms with E-state index in [1.54, 1.807) is 17.1 Å². The smallest absolute Gasteiger partial charge is 0.254 e. The standard InChI is InChI=1S/C16H20N4O.ClH/c21-16(19-15-7-4-8-17-10-15)14-9-18-20(12-14)11-13-5-2-1-3-6-13;/h1-3,5-6,9,12,15,17H,4,7-8,10-11H2,(H,19,21);1H/t15-;/m0./s1. The number of hydrogen-bond donors (Lipinski definition) is 2. The summed E-state index contributed by atoms with van der Waals surface area (Å²) in [6.45, 7) is 2.57. The predicted molar refractivity (Wildman–Crippen MR) is 88.4 cm³/mol. The zero-order chi connectivity index (χ0) is 14.5. The average Bonchev–Trinajstić information content (AvgIpc) is 2.98. The molecule has 1 atom stereocenters. The number of benzene rings is 1. The molecule has 0 radical (unpaired) electrons. The summed E-state index contributed by atoms with van der Waals surface area (Å²) in [5, 5.41) is 10.6. The highest BCUT2D eigenvalue weighted by atomic mass is 35.5. The monoisotopic (exact) mass is 320 g/mol. The number of rotatable bonds is 4. The van der Waals surface area contributed by atoms with E-state index in [2.05, 4.69) is 27.9 Å². The lowest BCUT2D eigenvalue weighted by atomic mass is 10.1. The Morgan fingerprint density at radius 2 is 2.18 bits per heavy atom. The molecular formula is C16H21ClN4O. The Bertz CT molecular complexity index is 593. The number of nitrogens with zero attached hydrogens (tertiary/aromatic N) is 2. The maximum Gasteiger partial charge on any atom is 0.254 e. The van der Waals surface area contributed by atoms with Gasteiger partial charge < -0.3 is 10.6 Å². The van der Waals surface area contributed by atoms with Crippen molar-refractivity contribution in [2.75, 3.05) is 13.1 Å². The summed E-state index contributed by atoms with van der Waals surface area (Å²) in [5.74, 6) is -0.0389. The molecule has 0 spiro atoms. The third-order valence-electron chi connectivity index (χ3n) is 3.71. The lowest BCUT2D eigenvalue weighted by Gasteiger charge is -2.23. The highest BCUT2D eigenvalue weighted by molar-refractivity contribution is 5.93. The zero-order valence-corrected chi connectivity index (χ0v) is 13.2. The molecule has 1 aliphatic heterocycles. The first kappa shape index (κ1) is 16.5. The quantitative estimate of drug-likeness (QED) is 0.903. The molecule has 3 rings (SSSR count). The Hall–Kier alpha value is -1.85. The van der Waals surface area contributed by atoms with Crippen molar-refractivity contribution in [3.05, 3.63) is 53.9 Å². The molecule has 1 aromatic carbocycles. The highest BCUT2D eigenvalue weighted by Gasteiger charge is 2.17. The third kappa shape index (κ3) is 4.32. The van der Waals surface area contributed by atoms with Crippen LogP contribution in [-0.2, 0) is 6.54 Å². The van der Waals surface area contributed by atoms with Crippen molar-refractivity contribution in [2.24, 2.45) is 0 Å². The van der Waals surface area contributed by atoms with E-state index in [1.165, 1.54) is 5.56 Å². The van der Waals surface area contributed by atoms with Gasteiger partial charge in [-0.15, -0.1) is 12.4 Å². The van der Waals surface area contributed by atoms with Gasteiger partial charge in [0, 0.05) is 18.8 Å². The first-order valence-electron chi connectivity index (χ1n) is 7.39. The van der Waals surface area contributed by atoms with Crippen molar-refractivity contribution in [2.45, 2.75) is 25.4 Å². The lowest BCUT2D eigenvalue weighted by molar-refractivity contribution is 0.0930. The minimum Gasteiger partial charge on any atom is -0.348 e. The van der Waals surface area contributed by atoms with E-state index in [0.29, 0.717) is 12.1 Å². The summed E-state index contributed by atoms with van der Waals surface area (Å²) >= 11 is 0. The molecule has 0 aliphatic carbocycles. The SMILES string of the molecule is Cl.O=C(N[C@H]1CCCNC1)c1cnn(Cc2ccccc2)c1. The Labute approximate surface area is 136 Å². The number of amides is 1. The van der Waals surface area contributed by atoms with Crippen LogP contribution in [-0.4, -0.2) is 34.8 Å². The van der Waals surface area contributed by atoms with Crippen LogP contribution in [0.2, 0.25) is 0 Å². The van der Waals surface area contributed by atoms with E-state index in [-0.39, 0.29) is 24.4 Å². The number of carbonyl (C=O) groups excluding carboxylic acids is 1. The molecule has 5 nitrogen and oxygen atoms in total. The Balaban J connectivity index is 0.00000176. The third-order valence-corrected chi connectivity index (χ3v) is 3.71. The molecule has 2 N–H and O–H groups in total. The number of nitrogens with one attached hydrogen (secondary N) is 2. The normalized spacial score (nSPS) is 17.5. The molecule has 1 amide bonds. The molecule has 0 saturated carbocycles. The number of carbonyl (C=O) groups is 1. The van der Waals surface area contributed by atoms with E-state index in [0.717, 1.165) is 25.9 Å². The van der Waals surface area contributed by atoms with Gasteiger partial charge in [0.15, 0.2) is 0 Å². The van der Waals surface area contributed by atoms with Gasteiger partial charge in [-0.1, -0.05) is 30.3 Å². The minimum absolute atomic E-state index is 0. The molecule has 22 heavy (non-hydrogen) atoms. The second kappa shape index (κ2) is 7.96. The van der Waals surface area contributed by atoms with Crippen LogP contribution in [0.5, 0.6) is 0 Å². The van der Waals surface area contributed by atoms with Gasteiger partial charge in [-0.05, 0) is 24.9 Å². The summed E-state index contributed by atoms with van der Waals surface area (Å²) < 4.78 is 1.80. The van der Waals surface area contributed by atoms with Crippen molar-refractivity contribution in [3.63, 3.8) is 0 Å². The Morgan fingerprint density at radius 1 is 1.36 bits per heavy atom. The molecule has 2 aromatic rings. The van der Waals surface area contributed by atoms with Crippen LogP contribution in [0, 0.1) is 0 Å². The van der Waals surface area contributed by atoms with Crippen LogP contribution in [0.15, 0.2) is 42.7 Å². The molecular weight excluding hydrogens is 300 g/mol. The van der Waals surface area contributed by atoms with Crippen LogP contribution in [0.1, 0.15) is 28.8 Å². The van der Waals surface area contributed by atoms with Crippen LogP contribution in [0.25, 0.3) is 0 Å². The second-order valence-corrected chi connectivity index (χ2v) is 5.43.